The number of nitrogens with zero attached hydrogens (tertiary/aromatic N) is 1. The molecule has 5 atom stereocenters. The van der Waals surface area contributed by atoms with Crippen molar-refractivity contribution in [3.8, 4) is 5.75 Å². The number of aliphatic hydroxyl groups is 1. The minimum atomic E-state index is -1.40. The summed E-state index contributed by atoms with van der Waals surface area (Å²) in [6.45, 7) is 5.92. The maximum absolute atomic E-state index is 13.2. The van der Waals surface area contributed by atoms with E-state index in [0.717, 1.165) is 11.1 Å². The second-order valence-corrected chi connectivity index (χ2v) is 10.8. The standard InChI is InChI=1S/C27H35ClN2O6/c1-16-8-6-7-10-27(33)15-21(35-25(32)29-27)17(2)24-26(3,36-24)11-9-22(31)30(4)19-13-18(12-16)14-20(34-5)23(19)28/h6-8,13-14,17,21,24,33H,9-12,15H2,1-5H3,(H,29,32)/b7-6+,16-8+/t17?,21-,24-,26-,27+/m1/s1. The van der Waals surface area contributed by atoms with E-state index in [0.29, 0.717) is 29.3 Å². The van der Waals surface area contributed by atoms with Crippen molar-refractivity contribution in [2.24, 2.45) is 5.92 Å². The molecular weight excluding hydrogens is 484 g/mol. The van der Waals surface area contributed by atoms with Crippen LogP contribution in [0.4, 0.5) is 10.5 Å². The van der Waals surface area contributed by atoms with Gasteiger partial charge in [-0.1, -0.05) is 42.3 Å². The molecule has 3 aliphatic rings. The topological polar surface area (TPSA) is 101 Å². The van der Waals surface area contributed by atoms with Crippen LogP contribution in [0.1, 0.15) is 52.0 Å². The zero-order chi connectivity index (χ0) is 26.3. The Hall–Kier alpha value is -2.55. The molecule has 0 aliphatic carbocycles. The van der Waals surface area contributed by atoms with E-state index >= 15 is 0 Å². The number of rotatable bonds is 1. The molecule has 2 fully saturated rings. The minimum Gasteiger partial charge on any atom is -0.495 e. The monoisotopic (exact) mass is 518 g/mol. The molecule has 2 saturated heterocycles. The predicted octanol–water partition coefficient (Wildman–Crippen LogP) is 4.52. The van der Waals surface area contributed by atoms with Crippen LogP contribution in [0.15, 0.2) is 35.9 Å². The van der Waals surface area contributed by atoms with Gasteiger partial charge in [-0.05, 0) is 44.4 Å². The zero-order valence-electron chi connectivity index (χ0n) is 21.5. The molecule has 2 amide bonds. The summed E-state index contributed by atoms with van der Waals surface area (Å²) in [6, 6.07) is 3.79. The highest BCUT2D eigenvalue weighted by Crippen LogP contribution is 2.47. The number of hydrogen-bond donors (Lipinski definition) is 2. The average Bonchev–Trinajstić information content (AvgIpc) is 3.50. The van der Waals surface area contributed by atoms with E-state index in [1.54, 1.807) is 19.1 Å². The van der Waals surface area contributed by atoms with E-state index in [-0.39, 0.29) is 37.2 Å². The van der Waals surface area contributed by atoms with Crippen LogP contribution < -0.4 is 15.0 Å². The molecule has 2 N–H and O–H groups in total. The van der Waals surface area contributed by atoms with Gasteiger partial charge in [0.2, 0.25) is 5.91 Å². The molecule has 0 spiro atoms. The molecule has 196 valence electrons. The second kappa shape index (κ2) is 10.1. The van der Waals surface area contributed by atoms with Crippen molar-refractivity contribution in [1.29, 1.82) is 0 Å². The van der Waals surface area contributed by atoms with E-state index in [2.05, 4.69) is 5.32 Å². The molecule has 0 radical (unpaired) electrons. The van der Waals surface area contributed by atoms with Gasteiger partial charge in [0.25, 0.3) is 0 Å². The van der Waals surface area contributed by atoms with E-state index in [4.69, 9.17) is 25.8 Å². The Labute approximate surface area is 217 Å². The molecule has 1 unspecified atom stereocenters. The van der Waals surface area contributed by atoms with Gasteiger partial charge in [-0.3, -0.25) is 10.1 Å². The molecule has 8 nitrogen and oxygen atoms in total. The third-order valence-corrected chi connectivity index (χ3v) is 7.84. The number of benzene rings is 1. The number of ether oxygens (including phenoxy) is 3. The highest BCUT2D eigenvalue weighted by Gasteiger charge is 2.58. The van der Waals surface area contributed by atoms with Crippen LogP contribution in [0.2, 0.25) is 5.02 Å². The largest absolute Gasteiger partial charge is 0.495 e. The first-order valence-electron chi connectivity index (χ1n) is 12.3. The number of carbonyl (C=O) groups is 2. The maximum Gasteiger partial charge on any atom is 0.409 e. The van der Waals surface area contributed by atoms with Gasteiger partial charge in [0.05, 0.1) is 24.5 Å². The number of methoxy groups -OCH3 is 1. The van der Waals surface area contributed by atoms with Crippen LogP contribution >= 0.6 is 11.6 Å². The summed E-state index contributed by atoms with van der Waals surface area (Å²) in [5, 5.41) is 14.0. The number of epoxide rings is 1. The zero-order valence-corrected chi connectivity index (χ0v) is 22.2. The number of carbonyl (C=O) groups excluding carboxylic acids is 2. The normalized spacial score (nSPS) is 35.6. The van der Waals surface area contributed by atoms with Crippen LogP contribution in [-0.4, -0.2) is 54.8 Å². The van der Waals surface area contributed by atoms with Crippen LogP contribution in [0.25, 0.3) is 0 Å². The summed E-state index contributed by atoms with van der Waals surface area (Å²) < 4.78 is 17.0. The minimum absolute atomic E-state index is 0.0879. The van der Waals surface area contributed by atoms with Crippen LogP contribution in [0.3, 0.4) is 0 Å². The lowest BCUT2D eigenvalue weighted by atomic mass is 9.85. The highest BCUT2D eigenvalue weighted by atomic mass is 35.5. The Morgan fingerprint density at radius 2 is 2.06 bits per heavy atom. The van der Waals surface area contributed by atoms with Crippen molar-refractivity contribution in [3.63, 3.8) is 0 Å². The molecule has 1 aromatic rings. The summed E-state index contributed by atoms with van der Waals surface area (Å²) in [4.78, 5) is 27.0. The number of fused-ring (bicyclic) bond motifs is 5. The molecule has 0 aromatic heterocycles. The number of nitrogens with one attached hydrogen (secondary N) is 1. The molecular formula is C27H35ClN2O6. The molecule has 3 heterocycles. The molecule has 4 bridgehead atoms. The maximum atomic E-state index is 13.2. The van der Waals surface area contributed by atoms with Gasteiger partial charge in [-0.25, -0.2) is 4.79 Å². The molecule has 9 heteroatoms. The van der Waals surface area contributed by atoms with Gasteiger partial charge in [-0.15, -0.1) is 0 Å². The number of alkyl carbamates (subject to hydrolysis) is 1. The quantitative estimate of drug-likeness (QED) is 0.530. The lowest BCUT2D eigenvalue weighted by Gasteiger charge is -2.38. The number of anilines is 1. The van der Waals surface area contributed by atoms with Gasteiger partial charge in [0.1, 0.15) is 22.6 Å². The van der Waals surface area contributed by atoms with Gasteiger partial charge in [0.15, 0.2) is 0 Å². The van der Waals surface area contributed by atoms with Crippen LogP contribution in [0.5, 0.6) is 5.75 Å². The number of hydrogen-bond acceptors (Lipinski definition) is 6. The molecule has 0 saturated carbocycles. The average molecular weight is 519 g/mol. The Morgan fingerprint density at radius 1 is 1.31 bits per heavy atom. The number of amides is 2. The van der Waals surface area contributed by atoms with E-state index < -0.39 is 23.5 Å². The number of halogens is 1. The van der Waals surface area contributed by atoms with Crippen molar-refractivity contribution in [1.82, 2.24) is 5.32 Å². The molecule has 36 heavy (non-hydrogen) atoms. The van der Waals surface area contributed by atoms with E-state index in [1.807, 2.05) is 51.1 Å². The van der Waals surface area contributed by atoms with E-state index in [1.165, 1.54) is 0 Å². The van der Waals surface area contributed by atoms with Crippen molar-refractivity contribution in [2.45, 2.75) is 76.4 Å². The Balaban J connectivity index is 1.66. The van der Waals surface area contributed by atoms with Crippen LogP contribution in [-0.2, 0) is 20.7 Å². The molecule has 1 aromatic carbocycles. The number of allylic oxidation sites excluding steroid dienone is 3. The van der Waals surface area contributed by atoms with Gasteiger partial charge in [-0.2, -0.15) is 0 Å². The van der Waals surface area contributed by atoms with Gasteiger partial charge < -0.3 is 24.2 Å². The lowest BCUT2D eigenvalue weighted by Crippen LogP contribution is -2.57. The third kappa shape index (κ3) is 5.56. The predicted molar refractivity (Wildman–Crippen MR) is 137 cm³/mol. The Morgan fingerprint density at radius 3 is 2.78 bits per heavy atom. The Kier molecular flexibility index (Phi) is 7.42. The second-order valence-electron chi connectivity index (χ2n) is 10.4. The van der Waals surface area contributed by atoms with E-state index in [9.17, 15) is 14.7 Å². The Bertz CT molecular complexity index is 1100. The fourth-order valence-electron chi connectivity index (χ4n) is 5.19. The van der Waals surface area contributed by atoms with Crippen molar-refractivity contribution in [3.05, 3.63) is 46.5 Å². The third-order valence-electron chi connectivity index (χ3n) is 7.46. The first-order chi connectivity index (χ1) is 16.9. The fraction of sp³-hybridized carbons (Fsp3) is 0.556. The first kappa shape index (κ1) is 26.5. The smallest absolute Gasteiger partial charge is 0.409 e. The fourth-order valence-corrected chi connectivity index (χ4v) is 5.51. The lowest BCUT2D eigenvalue weighted by molar-refractivity contribution is -0.118. The SMILES string of the molecule is COc1cc2cc(c1Cl)N(C)C(=O)CC[C@@]1(C)O[C@@H]1C(C)[C@H]1C[C@@](O)(C/C=C/C=C(\C)C2)NC(=O)O1. The summed E-state index contributed by atoms with van der Waals surface area (Å²) in [6.07, 6.45) is 6.20. The molecule has 4 rings (SSSR count). The van der Waals surface area contributed by atoms with Crippen molar-refractivity contribution < 1.29 is 28.9 Å². The van der Waals surface area contributed by atoms with Gasteiger partial charge in [0, 0.05) is 32.2 Å². The van der Waals surface area contributed by atoms with Crippen LogP contribution in [0, 0.1) is 5.92 Å². The summed E-state index contributed by atoms with van der Waals surface area (Å²) >= 11 is 6.59. The first-order valence-corrected chi connectivity index (χ1v) is 12.7. The summed E-state index contributed by atoms with van der Waals surface area (Å²) in [7, 11) is 3.27. The van der Waals surface area contributed by atoms with Crippen molar-refractivity contribution >= 4 is 29.3 Å². The van der Waals surface area contributed by atoms with Crippen molar-refractivity contribution in [2.75, 3.05) is 19.1 Å². The summed E-state index contributed by atoms with van der Waals surface area (Å²) in [5.41, 5.74) is 0.692. The highest BCUT2D eigenvalue weighted by molar-refractivity contribution is 6.35. The van der Waals surface area contributed by atoms with Gasteiger partial charge >= 0.3 is 6.09 Å². The molecule has 3 aliphatic heterocycles. The summed E-state index contributed by atoms with van der Waals surface area (Å²) in [5.74, 6) is 0.272.